The Balaban J connectivity index is 2.44. The molecule has 3 nitrogen and oxygen atoms in total. The lowest BCUT2D eigenvalue weighted by Crippen LogP contribution is -2.35. The minimum absolute atomic E-state index is 0.505. The summed E-state index contributed by atoms with van der Waals surface area (Å²) >= 11 is 0. The van der Waals surface area contributed by atoms with Crippen LogP contribution in [-0.4, -0.2) is 38.9 Å². The number of anilines is 1. The Labute approximate surface area is 130 Å². The topological polar surface area (TPSA) is 24.5 Å². The third-order valence-electron chi connectivity index (χ3n) is 3.68. The number of ether oxygens (including phenoxy) is 1. The third kappa shape index (κ3) is 6.96. The second kappa shape index (κ2) is 10.6. The zero-order valence-corrected chi connectivity index (χ0v) is 14.2. The molecule has 1 aromatic rings. The highest BCUT2D eigenvalue weighted by Crippen LogP contribution is 2.20. The Kier molecular flexibility index (Phi) is 9.11. The van der Waals surface area contributed by atoms with Gasteiger partial charge in [-0.25, -0.2) is 0 Å². The van der Waals surface area contributed by atoms with Crippen LogP contribution in [0.15, 0.2) is 24.3 Å². The van der Waals surface area contributed by atoms with E-state index >= 15 is 0 Å². The number of nitrogens with one attached hydrogen (secondary N) is 1. The first-order chi connectivity index (χ1) is 10.2. The van der Waals surface area contributed by atoms with E-state index in [9.17, 15) is 0 Å². The van der Waals surface area contributed by atoms with Crippen LogP contribution in [0.5, 0.6) is 0 Å². The minimum atomic E-state index is 0.505. The lowest BCUT2D eigenvalue weighted by molar-refractivity contribution is 0.129. The van der Waals surface area contributed by atoms with Crippen molar-refractivity contribution in [2.45, 2.75) is 46.6 Å². The summed E-state index contributed by atoms with van der Waals surface area (Å²) in [5.41, 5.74) is 2.65. The van der Waals surface area contributed by atoms with Gasteiger partial charge in [0.25, 0.3) is 0 Å². The molecule has 0 aliphatic rings. The molecule has 0 saturated carbocycles. The van der Waals surface area contributed by atoms with Gasteiger partial charge in [-0.2, -0.15) is 0 Å². The number of nitrogens with zero attached hydrogens (tertiary/aromatic N) is 1. The van der Waals surface area contributed by atoms with Gasteiger partial charge in [0.15, 0.2) is 0 Å². The molecule has 0 fully saturated rings. The van der Waals surface area contributed by atoms with Gasteiger partial charge in [0.1, 0.15) is 0 Å². The molecular weight excluding hydrogens is 260 g/mol. The molecule has 0 aromatic heterocycles. The Morgan fingerprint density at radius 2 is 2.05 bits per heavy atom. The summed E-state index contributed by atoms with van der Waals surface area (Å²) in [4.78, 5) is 2.50. The summed E-state index contributed by atoms with van der Waals surface area (Å²) < 4.78 is 5.71. The predicted octanol–water partition coefficient (Wildman–Crippen LogP) is 3.62. The van der Waals surface area contributed by atoms with Crippen LogP contribution in [0.3, 0.4) is 0 Å². The summed E-state index contributed by atoms with van der Waals surface area (Å²) in [6.07, 6.45) is 2.24. The zero-order valence-electron chi connectivity index (χ0n) is 14.2. The monoisotopic (exact) mass is 292 g/mol. The van der Waals surface area contributed by atoms with E-state index in [1.54, 1.807) is 0 Å². The van der Waals surface area contributed by atoms with Crippen LogP contribution in [-0.2, 0) is 4.74 Å². The van der Waals surface area contributed by atoms with E-state index in [-0.39, 0.29) is 0 Å². The summed E-state index contributed by atoms with van der Waals surface area (Å²) in [7, 11) is 0. The first-order valence-electron chi connectivity index (χ1n) is 8.30. The lowest BCUT2D eigenvalue weighted by atomic mass is 10.1. The highest BCUT2D eigenvalue weighted by atomic mass is 16.5. The SMILES string of the molecule is CCCN(c1cccc(C)c1)C(C)CCOCCNCC. The third-order valence-corrected chi connectivity index (χ3v) is 3.68. The first kappa shape index (κ1) is 18.0. The van der Waals surface area contributed by atoms with Crippen LogP contribution in [0, 0.1) is 6.92 Å². The van der Waals surface area contributed by atoms with E-state index < -0.39 is 0 Å². The Morgan fingerprint density at radius 3 is 2.71 bits per heavy atom. The van der Waals surface area contributed by atoms with E-state index in [2.05, 4.69) is 62.2 Å². The van der Waals surface area contributed by atoms with Crippen LogP contribution < -0.4 is 10.2 Å². The molecule has 0 amide bonds. The van der Waals surface area contributed by atoms with Gasteiger partial charge in [-0.3, -0.25) is 0 Å². The smallest absolute Gasteiger partial charge is 0.0590 e. The number of hydrogen-bond acceptors (Lipinski definition) is 3. The summed E-state index contributed by atoms with van der Waals surface area (Å²) in [6.45, 7) is 13.5. The largest absolute Gasteiger partial charge is 0.380 e. The molecule has 0 aliphatic heterocycles. The molecule has 21 heavy (non-hydrogen) atoms. The second-order valence-corrected chi connectivity index (χ2v) is 5.64. The Bertz CT molecular complexity index is 381. The lowest BCUT2D eigenvalue weighted by Gasteiger charge is -2.31. The fourth-order valence-corrected chi connectivity index (χ4v) is 2.48. The van der Waals surface area contributed by atoms with E-state index in [0.717, 1.165) is 39.3 Å². The quantitative estimate of drug-likeness (QED) is 0.631. The average molecular weight is 292 g/mol. The van der Waals surface area contributed by atoms with Crippen molar-refractivity contribution in [3.05, 3.63) is 29.8 Å². The summed E-state index contributed by atoms with van der Waals surface area (Å²) in [5, 5.41) is 3.28. The van der Waals surface area contributed by atoms with Crippen LogP contribution in [0.1, 0.15) is 39.2 Å². The fourth-order valence-electron chi connectivity index (χ4n) is 2.48. The molecule has 1 unspecified atom stereocenters. The normalized spacial score (nSPS) is 12.4. The number of aryl methyl sites for hydroxylation is 1. The van der Waals surface area contributed by atoms with Gasteiger partial charge in [-0.1, -0.05) is 26.0 Å². The molecule has 0 saturated heterocycles. The summed E-state index contributed by atoms with van der Waals surface area (Å²) in [6, 6.07) is 9.30. The minimum Gasteiger partial charge on any atom is -0.380 e. The first-order valence-corrected chi connectivity index (χ1v) is 8.30. The van der Waals surface area contributed by atoms with Crippen LogP contribution in [0.2, 0.25) is 0 Å². The number of hydrogen-bond donors (Lipinski definition) is 1. The molecule has 0 radical (unpaired) electrons. The van der Waals surface area contributed by atoms with E-state index in [4.69, 9.17) is 4.74 Å². The molecule has 0 heterocycles. The average Bonchev–Trinajstić information content (AvgIpc) is 2.48. The maximum absolute atomic E-state index is 5.71. The number of likely N-dealkylation sites (N-methyl/N-ethyl adjacent to an activating group) is 1. The van der Waals surface area contributed by atoms with Crippen molar-refractivity contribution in [2.24, 2.45) is 0 Å². The van der Waals surface area contributed by atoms with Gasteiger partial charge in [-0.15, -0.1) is 0 Å². The predicted molar refractivity (Wildman–Crippen MR) is 92.3 cm³/mol. The van der Waals surface area contributed by atoms with Gasteiger partial charge in [0, 0.05) is 31.4 Å². The van der Waals surface area contributed by atoms with Crippen molar-refractivity contribution in [3.8, 4) is 0 Å². The molecule has 0 spiro atoms. The van der Waals surface area contributed by atoms with Crippen LogP contribution in [0.4, 0.5) is 5.69 Å². The number of rotatable bonds is 11. The molecule has 0 bridgehead atoms. The van der Waals surface area contributed by atoms with E-state index in [1.807, 2.05) is 0 Å². The Hall–Kier alpha value is -1.06. The standard InChI is InChI=1S/C18H32N2O/c1-5-12-20(18-9-7-8-16(3)15-18)17(4)10-13-21-14-11-19-6-2/h7-9,15,17,19H,5-6,10-14H2,1-4H3. The molecule has 1 atom stereocenters. The fraction of sp³-hybridized carbons (Fsp3) is 0.667. The van der Waals surface area contributed by atoms with Crippen molar-refractivity contribution in [1.29, 1.82) is 0 Å². The van der Waals surface area contributed by atoms with E-state index in [1.165, 1.54) is 17.7 Å². The molecular formula is C18H32N2O. The second-order valence-electron chi connectivity index (χ2n) is 5.64. The zero-order chi connectivity index (χ0) is 15.5. The maximum atomic E-state index is 5.71. The maximum Gasteiger partial charge on any atom is 0.0590 e. The highest BCUT2D eigenvalue weighted by Gasteiger charge is 2.13. The van der Waals surface area contributed by atoms with Crippen LogP contribution >= 0.6 is 0 Å². The van der Waals surface area contributed by atoms with Gasteiger partial charge >= 0.3 is 0 Å². The molecule has 1 aromatic carbocycles. The van der Waals surface area contributed by atoms with Crippen molar-refractivity contribution in [3.63, 3.8) is 0 Å². The van der Waals surface area contributed by atoms with Crippen LogP contribution in [0.25, 0.3) is 0 Å². The van der Waals surface area contributed by atoms with Crippen molar-refractivity contribution in [2.75, 3.05) is 37.7 Å². The van der Waals surface area contributed by atoms with E-state index in [0.29, 0.717) is 6.04 Å². The summed E-state index contributed by atoms with van der Waals surface area (Å²) in [5.74, 6) is 0. The molecule has 0 aliphatic carbocycles. The molecule has 120 valence electrons. The molecule has 1 N–H and O–H groups in total. The highest BCUT2D eigenvalue weighted by molar-refractivity contribution is 5.49. The van der Waals surface area contributed by atoms with Crippen molar-refractivity contribution < 1.29 is 4.74 Å². The van der Waals surface area contributed by atoms with Crippen molar-refractivity contribution >= 4 is 5.69 Å². The van der Waals surface area contributed by atoms with Crippen molar-refractivity contribution in [1.82, 2.24) is 5.32 Å². The number of benzene rings is 1. The van der Waals surface area contributed by atoms with Gasteiger partial charge in [0.2, 0.25) is 0 Å². The van der Waals surface area contributed by atoms with Gasteiger partial charge in [0.05, 0.1) is 6.61 Å². The molecule has 1 rings (SSSR count). The van der Waals surface area contributed by atoms with Gasteiger partial charge < -0.3 is 15.0 Å². The Morgan fingerprint density at radius 1 is 1.24 bits per heavy atom. The molecule has 3 heteroatoms. The van der Waals surface area contributed by atoms with Gasteiger partial charge in [-0.05, 0) is 50.9 Å².